The Morgan fingerprint density at radius 2 is 0.827 bits per heavy atom. The van der Waals surface area contributed by atoms with Crippen molar-refractivity contribution in [1.82, 2.24) is 44.9 Å². The molecule has 25 nitrogen and oxygen atoms in total. The molecule has 5 saturated carbocycles. The minimum absolute atomic E-state index is 0. The molecule has 5 aromatic carbocycles. The molecule has 6 N–H and O–H groups in total. The molecule has 13 fully saturated rings. The first-order chi connectivity index (χ1) is 64.5. The Morgan fingerprint density at radius 3 is 1.18 bits per heavy atom. The zero-order chi connectivity index (χ0) is 97.8. The quantitative estimate of drug-likeness (QED) is 0.00917. The number of methoxy groups -OCH3 is 1. The number of carbonyl (C=O) groups excluding carboxylic acids is 7. The number of carbonyl (C=O) groups is 7. The molecule has 8 aromatic rings. The molecule has 5 aliphatic carbocycles. The summed E-state index contributed by atoms with van der Waals surface area (Å²) in [7, 11) is 3.33. The van der Waals surface area contributed by atoms with Crippen molar-refractivity contribution in [3.05, 3.63) is 185 Å². The number of cyclic esters (lactones) is 2. The Balaban J connectivity index is 0.000000175. The number of aryl methyl sites for hydroxylation is 11. The van der Waals surface area contributed by atoms with E-state index in [0.717, 1.165) is 186 Å². The molecule has 11 heterocycles. The van der Waals surface area contributed by atoms with Crippen LogP contribution in [0.4, 0.5) is 0 Å². The fourth-order valence-corrected chi connectivity index (χ4v) is 22.8. The number of ether oxygens (including phenoxy) is 5. The van der Waals surface area contributed by atoms with Crippen LogP contribution >= 0.6 is 15.9 Å². The third kappa shape index (κ3) is 24.6. The van der Waals surface area contributed by atoms with Crippen molar-refractivity contribution in [3.63, 3.8) is 0 Å². The molecule has 3 amide bonds. The van der Waals surface area contributed by atoms with E-state index in [2.05, 4.69) is 138 Å². The first-order valence-electron chi connectivity index (χ1n) is 49.4. The SMILES string of the molecule is CC(C)(CBr)C(=O)N1C2CCC1CC2.COC(=O)c1cc(C)cc(C)c1.Cc1cc(C)cc(-c2[nH][nH]c(=O)c2C2(CO)CC2)c1.Cc1cc(C)cc(-c2[nH]nc(OCC(C)(C)C(=O)N3C4CCC3CC4)c2C2(CO)CC2)c1.Cc1cc(C)cc(-c2c(C3(CO)CC3)c(OCC(C)(C)C(=O)N3C4CCC3CC4)nn2C)c1.Cc1cc(C)cc(C(=O)C2C(=O)OCC23CC3)c1.O=C1CC2(CC2)CO1.[Ba+2].[Ga].[Gd].[H-].[H-]. The average molecular weight is 2290 g/mol. The number of Topliss-reactive ketones (excluding diaryl/α,β-unsaturated/α-hetero) is 1. The van der Waals surface area contributed by atoms with Crippen LogP contribution in [0.1, 0.15) is 285 Å². The molecular formula is C110H146BaBrGaGdN9O16. The maximum absolute atomic E-state index is 13.4. The molecule has 8 aliphatic heterocycles. The summed E-state index contributed by atoms with van der Waals surface area (Å²) in [5, 5.41) is 48.9. The zero-order valence-corrected chi connectivity index (χ0v) is 95.7. The van der Waals surface area contributed by atoms with Crippen molar-refractivity contribution in [2.75, 3.05) is 58.7 Å². The molecule has 29 heteroatoms. The maximum Gasteiger partial charge on any atom is 2.00 e. The fraction of sp³-hybridized carbons (Fsp3) is 0.582. The Labute approximate surface area is 916 Å². The molecule has 6 bridgehead atoms. The summed E-state index contributed by atoms with van der Waals surface area (Å²) in [5.41, 5.74) is 18.8. The molecule has 8 saturated heterocycles. The summed E-state index contributed by atoms with van der Waals surface area (Å²) in [4.78, 5) is 103. The van der Waals surface area contributed by atoms with E-state index in [1.807, 2.05) is 131 Å². The van der Waals surface area contributed by atoms with E-state index in [-0.39, 0.29) is 213 Å². The van der Waals surface area contributed by atoms with Crippen molar-refractivity contribution >= 4 is 126 Å². The fourth-order valence-electron chi connectivity index (χ4n) is 22.6. The van der Waals surface area contributed by atoms with E-state index in [1.54, 1.807) is 0 Å². The number of H-pyrrole nitrogens is 3. The van der Waals surface area contributed by atoms with Gasteiger partial charge in [-0.1, -0.05) is 116 Å². The molecule has 139 heavy (non-hydrogen) atoms. The minimum Gasteiger partial charge on any atom is -1.00 e. The van der Waals surface area contributed by atoms with Gasteiger partial charge >= 0.3 is 66.8 Å². The summed E-state index contributed by atoms with van der Waals surface area (Å²) < 4.78 is 29.0. The number of nitrogens with one attached hydrogen (secondary N) is 3. The number of aromatic nitrogens is 6. The van der Waals surface area contributed by atoms with Gasteiger partial charge in [0.1, 0.15) is 19.1 Å². The van der Waals surface area contributed by atoms with Crippen LogP contribution in [-0.4, -0.2) is 265 Å². The topological polar surface area (TPSA) is 331 Å². The van der Waals surface area contributed by atoms with Gasteiger partial charge in [-0.25, -0.2) is 4.79 Å². The summed E-state index contributed by atoms with van der Waals surface area (Å²) >= 11 is 3.43. The molecule has 3 aromatic heterocycles. The number of hydrogen-bond acceptors (Lipinski definition) is 18. The van der Waals surface area contributed by atoms with Crippen LogP contribution in [0.5, 0.6) is 11.8 Å². The van der Waals surface area contributed by atoms with E-state index >= 15 is 0 Å². The third-order valence-corrected chi connectivity index (χ3v) is 32.4. The van der Waals surface area contributed by atoms with Crippen molar-refractivity contribution in [2.45, 2.75) is 311 Å². The molecular weight excluding hydrogens is 2150 g/mol. The largest absolute Gasteiger partial charge is 2.00 e. The molecule has 3 radical (unpaired) electrons. The van der Waals surface area contributed by atoms with Gasteiger partial charge in [-0.15, -0.1) is 10.2 Å². The number of hydrogen-bond donors (Lipinski definition) is 6. The standard InChI is InChI=1S/C27H37N3O3.C26H35N3O3.C15H18N2O2.C15H16O3.C11H18BrNO.C10H12O2.C6H8O2.Ba.Ga.Gd.2H/c1-17-12-18(2)14-19(13-17)23-22(27(15-31)10-11-27)24(28-29(23)5)33-16-26(3,4)25(32)30-20-6-7-21(30)9-8-20;1-16-11-17(2)13-18(12-16)22-21(26(14-30)9-10-26)23(28-27-22)32-15-25(3,4)24(31)29-19-5-6-20(29)8-7-19;1-9-5-10(2)7-11(6-9)13-12(14(19)17-16-13)15(8-18)3-4-15;1-9-5-10(2)7-11(6-9)13(16)12-14(17)18-8-15(12)3-4-15;1-11(2,7-12)10(14)13-8-3-4-9(13)6-5-8;1-7-4-8(2)6-9(5-7)10(11)12-3;7-5-3-6(1-2-6)4-8-5;;;;;/h12-14,20-21,31H,6-11,15-16H2,1-5H3;11-13,19-20,30H,5-10,14-15H2,1-4H3,(H,27,28);5-7,18H,3-4,8H2,1-2H3,(H2,16,17,19);5-7,12H,3-4,8H2,1-2H3;8-9H,3-7H2,1-2H3;4-6H,1-3H3;1-4H2;;;;;/q;;;;;;;+2;;;2*-1. The number of aliphatic hydroxyl groups is 3. The van der Waals surface area contributed by atoms with Gasteiger partial charge in [0, 0.05) is 163 Å². The van der Waals surface area contributed by atoms with Gasteiger partial charge in [-0.2, -0.15) is 0 Å². The van der Waals surface area contributed by atoms with E-state index in [1.165, 1.54) is 67.9 Å². The molecule has 1 atom stereocenters. The Kier molecular flexibility index (Phi) is 35.9. The Hall–Kier alpha value is -6.49. The number of aliphatic hydroxyl groups excluding tert-OH is 3. The maximum atomic E-state index is 13.4. The van der Waals surface area contributed by atoms with E-state index in [4.69, 9.17) is 24.0 Å². The van der Waals surface area contributed by atoms with Crippen molar-refractivity contribution < 1.29 is 115 Å². The second-order valence-electron chi connectivity index (χ2n) is 44.4. The van der Waals surface area contributed by atoms with Gasteiger partial charge in [0.25, 0.3) is 5.56 Å². The molecule has 2 spiro atoms. The van der Waals surface area contributed by atoms with Gasteiger partial charge in [0.15, 0.2) is 5.78 Å². The first-order valence-corrected chi connectivity index (χ1v) is 50.6. The summed E-state index contributed by atoms with van der Waals surface area (Å²) in [6.07, 6.45) is 24.4. The van der Waals surface area contributed by atoms with Gasteiger partial charge in [-0.3, -0.25) is 53.5 Å². The number of rotatable bonds is 22. The second kappa shape index (κ2) is 44.8. The molecule has 747 valence electrons. The second-order valence-corrected chi connectivity index (χ2v) is 45.0. The Bertz CT molecular complexity index is 5770. The van der Waals surface area contributed by atoms with Crippen molar-refractivity contribution in [1.29, 1.82) is 0 Å². The molecule has 1 unspecified atom stereocenters. The van der Waals surface area contributed by atoms with Gasteiger partial charge in [0.2, 0.25) is 29.5 Å². The average Bonchev–Trinajstić information content (AvgIpc) is 1.58. The number of fused-ring (bicyclic) bond motifs is 6. The number of halogens is 1. The predicted molar refractivity (Wildman–Crippen MR) is 541 cm³/mol. The van der Waals surface area contributed by atoms with Crippen LogP contribution < -0.4 is 15.0 Å². The van der Waals surface area contributed by atoms with Crippen molar-refractivity contribution in [3.8, 4) is 45.5 Å². The first kappa shape index (κ1) is 111. The van der Waals surface area contributed by atoms with Crippen LogP contribution in [0, 0.1) is 142 Å². The molecule has 21 rings (SSSR count). The van der Waals surface area contributed by atoms with Gasteiger partial charge < -0.3 is 56.6 Å². The summed E-state index contributed by atoms with van der Waals surface area (Å²) in [6, 6.07) is 33.3. The van der Waals surface area contributed by atoms with Gasteiger partial charge in [0.05, 0.1) is 96.6 Å². The normalized spacial score (nSPS) is 22.1. The number of alkyl halides is 1. The van der Waals surface area contributed by atoms with E-state index in [0.29, 0.717) is 95.7 Å². The van der Waals surface area contributed by atoms with Crippen LogP contribution in [0.15, 0.2) is 95.8 Å². The van der Waals surface area contributed by atoms with E-state index < -0.39 is 16.7 Å². The number of ketones is 1. The van der Waals surface area contributed by atoms with Gasteiger partial charge in [-0.05, 0) is 299 Å². The third-order valence-electron chi connectivity index (χ3n) is 31.0. The molecule has 13 aliphatic rings. The van der Waals surface area contributed by atoms with Crippen molar-refractivity contribution in [2.24, 2.45) is 40.0 Å². The van der Waals surface area contributed by atoms with Crippen LogP contribution in [0.2, 0.25) is 0 Å². The summed E-state index contributed by atoms with van der Waals surface area (Å²) in [6.45, 7) is 34.1. The number of aromatic amines is 3. The zero-order valence-electron chi connectivity index (χ0n) is 87.0. The van der Waals surface area contributed by atoms with Crippen LogP contribution in [-0.2, 0) is 61.5 Å². The number of esters is 3. The Morgan fingerprint density at radius 1 is 0.468 bits per heavy atom. The van der Waals surface area contributed by atoms with E-state index in [9.17, 15) is 53.7 Å². The summed E-state index contributed by atoms with van der Waals surface area (Å²) in [5.74, 6) is 0.570. The minimum atomic E-state index is -0.629. The monoisotopic (exact) mass is 2290 g/mol. The number of amides is 3. The van der Waals surface area contributed by atoms with Crippen LogP contribution in [0.25, 0.3) is 33.8 Å². The predicted octanol–water partition coefficient (Wildman–Crippen LogP) is 17.8. The van der Waals surface area contributed by atoms with Crippen LogP contribution in [0.3, 0.4) is 0 Å². The number of nitrogens with zero attached hydrogens (tertiary/aromatic N) is 6. The smallest absolute Gasteiger partial charge is 1.00 e. The number of benzene rings is 5.